The molecular formula is C13H22N4. The molecule has 1 aromatic heterocycles. The first-order valence-electron chi connectivity index (χ1n) is 6.44. The molecule has 0 spiro atoms. The van der Waals surface area contributed by atoms with Crippen molar-refractivity contribution in [2.24, 2.45) is 5.41 Å². The fourth-order valence-corrected chi connectivity index (χ4v) is 2.37. The molecule has 1 fully saturated rings. The second kappa shape index (κ2) is 4.90. The van der Waals surface area contributed by atoms with Gasteiger partial charge >= 0.3 is 0 Å². The van der Waals surface area contributed by atoms with Crippen LogP contribution in [0, 0.1) is 12.3 Å². The summed E-state index contributed by atoms with van der Waals surface area (Å²) in [6.45, 7) is 5.35. The fourth-order valence-electron chi connectivity index (χ4n) is 2.37. The quantitative estimate of drug-likeness (QED) is 0.794. The second-order valence-electron chi connectivity index (χ2n) is 5.05. The summed E-state index contributed by atoms with van der Waals surface area (Å²) in [5.41, 5.74) is 1.65. The molecule has 1 aliphatic rings. The lowest BCUT2D eigenvalue weighted by Crippen LogP contribution is -2.17. The molecule has 0 saturated heterocycles. The molecule has 0 aromatic carbocycles. The van der Waals surface area contributed by atoms with Crippen LogP contribution in [-0.2, 0) is 0 Å². The predicted octanol–water partition coefficient (Wildman–Crippen LogP) is 2.82. The monoisotopic (exact) mass is 234 g/mol. The summed E-state index contributed by atoms with van der Waals surface area (Å²) >= 11 is 0. The van der Waals surface area contributed by atoms with E-state index in [1.54, 1.807) is 6.33 Å². The van der Waals surface area contributed by atoms with Crippen LogP contribution >= 0.6 is 0 Å². The maximum absolute atomic E-state index is 4.32. The van der Waals surface area contributed by atoms with Gasteiger partial charge in [-0.1, -0.05) is 13.3 Å². The first-order valence-corrected chi connectivity index (χ1v) is 6.44. The molecule has 0 atom stereocenters. The van der Waals surface area contributed by atoms with Crippen molar-refractivity contribution in [3.63, 3.8) is 0 Å². The summed E-state index contributed by atoms with van der Waals surface area (Å²) < 4.78 is 0. The van der Waals surface area contributed by atoms with E-state index in [2.05, 4.69) is 27.5 Å². The topological polar surface area (TPSA) is 49.8 Å². The van der Waals surface area contributed by atoms with Crippen LogP contribution in [0.4, 0.5) is 11.6 Å². The van der Waals surface area contributed by atoms with E-state index < -0.39 is 0 Å². The van der Waals surface area contributed by atoms with E-state index in [1.165, 1.54) is 25.7 Å². The van der Waals surface area contributed by atoms with Crippen molar-refractivity contribution < 1.29 is 0 Å². The van der Waals surface area contributed by atoms with Gasteiger partial charge in [-0.3, -0.25) is 0 Å². The Morgan fingerprint density at radius 1 is 1.29 bits per heavy atom. The molecule has 17 heavy (non-hydrogen) atoms. The average molecular weight is 234 g/mol. The maximum Gasteiger partial charge on any atom is 0.134 e. The summed E-state index contributed by atoms with van der Waals surface area (Å²) in [4.78, 5) is 8.51. The van der Waals surface area contributed by atoms with Crippen molar-refractivity contribution in [2.75, 3.05) is 24.2 Å². The molecule has 2 rings (SSSR count). The Kier molecular flexibility index (Phi) is 3.50. The third-order valence-corrected chi connectivity index (χ3v) is 3.69. The van der Waals surface area contributed by atoms with Gasteiger partial charge in [0.1, 0.15) is 18.0 Å². The van der Waals surface area contributed by atoms with Crippen molar-refractivity contribution in [3.05, 3.63) is 11.9 Å². The van der Waals surface area contributed by atoms with Crippen LogP contribution in [0.15, 0.2) is 6.33 Å². The molecule has 1 saturated carbocycles. The zero-order valence-corrected chi connectivity index (χ0v) is 11.0. The fraction of sp³-hybridized carbons (Fsp3) is 0.692. The highest BCUT2D eigenvalue weighted by atomic mass is 15.1. The number of nitrogens with one attached hydrogen (secondary N) is 2. The van der Waals surface area contributed by atoms with Crippen LogP contribution < -0.4 is 10.6 Å². The van der Waals surface area contributed by atoms with Crippen LogP contribution in [-0.4, -0.2) is 23.6 Å². The Morgan fingerprint density at radius 2 is 2.00 bits per heavy atom. The number of anilines is 2. The molecule has 1 aromatic rings. The Balaban J connectivity index is 1.99. The lowest BCUT2D eigenvalue weighted by molar-refractivity contribution is 0.485. The molecule has 4 nitrogen and oxygen atoms in total. The zero-order chi connectivity index (χ0) is 12.3. The average Bonchev–Trinajstić information content (AvgIpc) is 3.09. The van der Waals surface area contributed by atoms with Gasteiger partial charge in [0.15, 0.2) is 0 Å². The minimum atomic E-state index is 0.548. The van der Waals surface area contributed by atoms with Crippen molar-refractivity contribution in [1.29, 1.82) is 0 Å². The largest absolute Gasteiger partial charge is 0.373 e. The third-order valence-electron chi connectivity index (χ3n) is 3.69. The molecule has 94 valence electrons. The number of nitrogens with zero attached hydrogens (tertiary/aromatic N) is 2. The van der Waals surface area contributed by atoms with E-state index >= 15 is 0 Å². The standard InChI is InChI=1S/C13H22N4/c1-4-5-13(6-7-13)8-15-12-10(2)11(14-3)16-9-17-12/h9H,4-8H2,1-3H3,(H2,14,15,16,17). The Morgan fingerprint density at radius 3 is 2.59 bits per heavy atom. The van der Waals surface area contributed by atoms with E-state index in [1.807, 2.05) is 14.0 Å². The van der Waals surface area contributed by atoms with Crippen molar-refractivity contribution >= 4 is 11.6 Å². The summed E-state index contributed by atoms with van der Waals surface area (Å²) in [5.74, 6) is 1.87. The van der Waals surface area contributed by atoms with Crippen molar-refractivity contribution in [3.8, 4) is 0 Å². The molecular weight excluding hydrogens is 212 g/mol. The summed E-state index contributed by atoms with van der Waals surface area (Å²) in [5, 5.41) is 6.57. The highest BCUT2D eigenvalue weighted by Crippen LogP contribution is 2.49. The minimum absolute atomic E-state index is 0.548. The molecule has 0 bridgehead atoms. The van der Waals surface area contributed by atoms with Gasteiger partial charge in [-0.2, -0.15) is 0 Å². The summed E-state index contributed by atoms with van der Waals surface area (Å²) in [6, 6.07) is 0. The van der Waals surface area contributed by atoms with Gasteiger partial charge in [0.25, 0.3) is 0 Å². The Hall–Kier alpha value is -1.32. The van der Waals surface area contributed by atoms with E-state index in [9.17, 15) is 0 Å². The van der Waals surface area contributed by atoms with Gasteiger partial charge in [-0.25, -0.2) is 9.97 Å². The molecule has 1 heterocycles. The first kappa shape index (κ1) is 12.1. The van der Waals surface area contributed by atoms with Crippen LogP contribution in [0.1, 0.15) is 38.2 Å². The predicted molar refractivity (Wildman–Crippen MR) is 71.4 cm³/mol. The van der Waals surface area contributed by atoms with Crippen LogP contribution in [0.2, 0.25) is 0 Å². The minimum Gasteiger partial charge on any atom is -0.373 e. The SMILES string of the molecule is CCCC1(CNc2ncnc(NC)c2C)CC1. The van der Waals surface area contributed by atoms with Gasteiger partial charge in [0.05, 0.1) is 0 Å². The normalized spacial score (nSPS) is 16.6. The third kappa shape index (κ3) is 2.68. The highest BCUT2D eigenvalue weighted by Gasteiger charge is 2.41. The summed E-state index contributed by atoms with van der Waals surface area (Å²) in [6.07, 6.45) is 6.92. The van der Waals surface area contributed by atoms with Crippen LogP contribution in [0.25, 0.3) is 0 Å². The first-order chi connectivity index (χ1) is 8.21. The Bertz CT molecular complexity index is 385. The van der Waals surface area contributed by atoms with E-state index in [-0.39, 0.29) is 0 Å². The molecule has 0 aliphatic heterocycles. The number of rotatable bonds is 6. The Labute approximate surface area is 103 Å². The van der Waals surface area contributed by atoms with E-state index in [0.29, 0.717) is 5.41 Å². The second-order valence-corrected chi connectivity index (χ2v) is 5.05. The molecule has 1 aliphatic carbocycles. The van der Waals surface area contributed by atoms with Gasteiger partial charge in [0.2, 0.25) is 0 Å². The number of aromatic nitrogens is 2. The van der Waals surface area contributed by atoms with Crippen LogP contribution in [0.3, 0.4) is 0 Å². The van der Waals surface area contributed by atoms with Gasteiger partial charge in [-0.05, 0) is 31.6 Å². The molecule has 2 N–H and O–H groups in total. The molecule has 0 unspecified atom stereocenters. The lowest BCUT2D eigenvalue weighted by Gasteiger charge is -2.17. The number of hydrogen-bond acceptors (Lipinski definition) is 4. The smallest absolute Gasteiger partial charge is 0.134 e. The van der Waals surface area contributed by atoms with Crippen LogP contribution in [0.5, 0.6) is 0 Å². The van der Waals surface area contributed by atoms with Crippen molar-refractivity contribution in [2.45, 2.75) is 39.5 Å². The summed E-state index contributed by atoms with van der Waals surface area (Å²) in [7, 11) is 1.89. The van der Waals surface area contributed by atoms with E-state index in [4.69, 9.17) is 0 Å². The highest BCUT2D eigenvalue weighted by molar-refractivity contribution is 5.56. The zero-order valence-electron chi connectivity index (χ0n) is 11.0. The lowest BCUT2D eigenvalue weighted by atomic mass is 10.0. The van der Waals surface area contributed by atoms with E-state index in [0.717, 1.165) is 23.7 Å². The number of hydrogen-bond donors (Lipinski definition) is 2. The van der Waals surface area contributed by atoms with Gasteiger partial charge < -0.3 is 10.6 Å². The molecule has 0 radical (unpaired) electrons. The maximum atomic E-state index is 4.32. The molecule has 0 amide bonds. The van der Waals surface area contributed by atoms with Gasteiger partial charge in [0, 0.05) is 19.2 Å². The molecule has 4 heteroatoms. The van der Waals surface area contributed by atoms with Gasteiger partial charge in [-0.15, -0.1) is 0 Å². The van der Waals surface area contributed by atoms with Crippen molar-refractivity contribution in [1.82, 2.24) is 9.97 Å².